The largest absolute Gasteiger partial charge is 0.373 e. The Morgan fingerprint density at radius 2 is 2.28 bits per heavy atom. The minimum atomic E-state index is -0.155. The number of hydrogen-bond donors (Lipinski definition) is 1. The van der Waals surface area contributed by atoms with Gasteiger partial charge in [0.25, 0.3) is 0 Å². The highest BCUT2D eigenvalue weighted by Crippen LogP contribution is 2.38. The molecule has 1 heterocycles. The van der Waals surface area contributed by atoms with Crippen LogP contribution in [0.25, 0.3) is 0 Å². The SMILES string of the molecule is CN(CC1NCC2CCCC21)c1cccc(F)c1. The Bertz CT molecular complexity index is 421. The molecule has 0 radical (unpaired) electrons. The molecule has 0 aromatic heterocycles. The zero-order chi connectivity index (χ0) is 12.5. The first-order chi connectivity index (χ1) is 8.74. The maximum absolute atomic E-state index is 13.2. The van der Waals surface area contributed by atoms with Gasteiger partial charge in [-0.15, -0.1) is 0 Å². The monoisotopic (exact) mass is 248 g/mol. The van der Waals surface area contributed by atoms with Crippen LogP contribution in [0.15, 0.2) is 24.3 Å². The van der Waals surface area contributed by atoms with Crippen LogP contribution < -0.4 is 10.2 Å². The van der Waals surface area contributed by atoms with E-state index in [4.69, 9.17) is 0 Å². The van der Waals surface area contributed by atoms with Gasteiger partial charge in [-0.05, 0) is 49.4 Å². The van der Waals surface area contributed by atoms with Gasteiger partial charge in [0.1, 0.15) is 5.82 Å². The third kappa shape index (κ3) is 2.24. The second kappa shape index (κ2) is 4.88. The van der Waals surface area contributed by atoms with Gasteiger partial charge in [-0.25, -0.2) is 4.39 Å². The number of nitrogens with one attached hydrogen (secondary N) is 1. The molecule has 1 aromatic rings. The molecular weight excluding hydrogens is 227 g/mol. The lowest BCUT2D eigenvalue weighted by atomic mass is 9.94. The molecule has 1 N–H and O–H groups in total. The van der Waals surface area contributed by atoms with Crippen LogP contribution in [0.3, 0.4) is 0 Å². The lowest BCUT2D eigenvalue weighted by Gasteiger charge is -2.26. The average Bonchev–Trinajstić information content (AvgIpc) is 2.94. The van der Waals surface area contributed by atoms with Crippen molar-refractivity contribution in [1.29, 1.82) is 0 Å². The molecule has 0 spiro atoms. The van der Waals surface area contributed by atoms with E-state index in [2.05, 4.69) is 17.3 Å². The van der Waals surface area contributed by atoms with Crippen molar-refractivity contribution < 1.29 is 4.39 Å². The topological polar surface area (TPSA) is 15.3 Å². The zero-order valence-electron chi connectivity index (χ0n) is 10.9. The van der Waals surface area contributed by atoms with Crippen molar-refractivity contribution >= 4 is 5.69 Å². The van der Waals surface area contributed by atoms with Crippen LogP contribution in [0.5, 0.6) is 0 Å². The van der Waals surface area contributed by atoms with E-state index in [1.54, 1.807) is 12.1 Å². The number of nitrogens with zero attached hydrogens (tertiary/aromatic N) is 1. The Kier molecular flexibility index (Phi) is 3.25. The summed E-state index contributed by atoms with van der Waals surface area (Å²) in [5.74, 6) is 1.56. The van der Waals surface area contributed by atoms with E-state index in [0.717, 1.165) is 24.1 Å². The summed E-state index contributed by atoms with van der Waals surface area (Å²) in [4.78, 5) is 2.17. The zero-order valence-corrected chi connectivity index (χ0v) is 10.9. The van der Waals surface area contributed by atoms with Crippen LogP contribution in [0.1, 0.15) is 19.3 Å². The highest BCUT2D eigenvalue weighted by Gasteiger charge is 2.39. The number of hydrogen-bond acceptors (Lipinski definition) is 2. The highest BCUT2D eigenvalue weighted by atomic mass is 19.1. The van der Waals surface area contributed by atoms with E-state index in [-0.39, 0.29) is 5.82 Å². The Hall–Kier alpha value is -1.09. The summed E-state index contributed by atoms with van der Waals surface area (Å²) in [6.07, 6.45) is 4.13. The Labute approximate surface area is 108 Å². The second-order valence-electron chi connectivity index (χ2n) is 5.73. The normalized spacial score (nSPS) is 30.4. The summed E-state index contributed by atoms with van der Waals surface area (Å²) in [5.41, 5.74) is 0.971. The van der Waals surface area contributed by atoms with Gasteiger partial charge in [0.15, 0.2) is 0 Å². The number of fused-ring (bicyclic) bond motifs is 1. The summed E-state index contributed by atoms with van der Waals surface area (Å²) in [5, 5.41) is 3.64. The van der Waals surface area contributed by atoms with Crippen LogP contribution in [-0.2, 0) is 0 Å². The predicted molar refractivity (Wildman–Crippen MR) is 72.3 cm³/mol. The van der Waals surface area contributed by atoms with Crippen LogP contribution in [0, 0.1) is 17.7 Å². The number of anilines is 1. The summed E-state index contributed by atoms with van der Waals surface area (Å²) < 4.78 is 13.2. The first-order valence-corrected chi connectivity index (χ1v) is 6.94. The molecule has 3 heteroatoms. The molecule has 0 amide bonds. The Balaban J connectivity index is 1.66. The summed E-state index contributed by atoms with van der Waals surface area (Å²) >= 11 is 0. The maximum Gasteiger partial charge on any atom is 0.125 e. The van der Waals surface area contributed by atoms with E-state index in [0.29, 0.717) is 6.04 Å². The summed E-state index contributed by atoms with van der Waals surface area (Å²) in [6.45, 7) is 2.15. The summed E-state index contributed by atoms with van der Waals surface area (Å²) in [7, 11) is 2.05. The van der Waals surface area contributed by atoms with Crippen molar-refractivity contribution in [3.8, 4) is 0 Å². The molecular formula is C15H21FN2. The molecule has 2 nitrogen and oxygen atoms in total. The van der Waals surface area contributed by atoms with Gasteiger partial charge in [-0.3, -0.25) is 0 Å². The molecule has 3 unspecified atom stereocenters. The second-order valence-corrected chi connectivity index (χ2v) is 5.73. The van der Waals surface area contributed by atoms with Crippen molar-refractivity contribution in [2.75, 3.05) is 25.0 Å². The van der Waals surface area contributed by atoms with Crippen LogP contribution in [0.2, 0.25) is 0 Å². The van der Waals surface area contributed by atoms with Crippen LogP contribution in [-0.4, -0.2) is 26.2 Å². The predicted octanol–water partition coefficient (Wildman–Crippen LogP) is 2.65. The fourth-order valence-corrected chi connectivity index (χ4v) is 3.62. The molecule has 2 fully saturated rings. The fraction of sp³-hybridized carbons (Fsp3) is 0.600. The number of rotatable bonds is 3. The molecule has 2 aliphatic rings. The van der Waals surface area contributed by atoms with Gasteiger partial charge in [-0.1, -0.05) is 12.5 Å². The third-order valence-electron chi connectivity index (χ3n) is 4.60. The maximum atomic E-state index is 13.2. The standard InChI is InChI=1S/C15H21FN2/c1-18(13-6-3-5-12(16)8-13)10-15-14-7-2-4-11(14)9-17-15/h3,5-6,8,11,14-15,17H,2,4,7,9-10H2,1H3. The molecule has 1 aliphatic carbocycles. The van der Waals surface area contributed by atoms with Gasteiger partial charge in [0, 0.05) is 25.3 Å². The van der Waals surface area contributed by atoms with Gasteiger partial charge in [0.05, 0.1) is 0 Å². The smallest absolute Gasteiger partial charge is 0.125 e. The molecule has 18 heavy (non-hydrogen) atoms. The molecule has 98 valence electrons. The molecule has 1 aromatic carbocycles. The third-order valence-corrected chi connectivity index (χ3v) is 4.60. The van der Waals surface area contributed by atoms with Crippen LogP contribution >= 0.6 is 0 Å². The molecule has 1 saturated carbocycles. The average molecular weight is 248 g/mol. The highest BCUT2D eigenvalue weighted by molar-refractivity contribution is 5.45. The molecule has 0 bridgehead atoms. The Morgan fingerprint density at radius 3 is 3.11 bits per heavy atom. The van der Waals surface area contributed by atoms with E-state index in [9.17, 15) is 4.39 Å². The molecule has 3 atom stereocenters. The Morgan fingerprint density at radius 1 is 1.39 bits per heavy atom. The summed E-state index contributed by atoms with van der Waals surface area (Å²) in [6, 6.07) is 7.44. The van der Waals surface area contributed by atoms with E-state index < -0.39 is 0 Å². The number of halogens is 1. The number of benzene rings is 1. The molecule has 3 rings (SSSR count). The quantitative estimate of drug-likeness (QED) is 0.884. The first kappa shape index (κ1) is 12.0. The van der Waals surface area contributed by atoms with Gasteiger partial charge in [-0.2, -0.15) is 0 Å². The lowest BCUT2D eigenvalue weighted by molar-refractivity contribution is 0.413. The fourth-order valence-electron chi connectivity index (χ4n) is 3.62. The van der Waals surface area contributed by atoms with E-state index in [1.807, 2.05) is 6.07 Å². The van der Waals surface area contributed by atoms with E-state index >= 15 is 0 Å². The van der Waals surface area contributed by atoms with Gasteiger partial charge >= 0.3 is 0 Å². The van der Waals surface area contributed by atoms with Crippen molar-refractivity contribution in [3.63, 3.8) is 0 Å². The minimum Gasteiger partial charge on any atom is -0.373 e. The number of likely N-dealkylation sites (N-methyl/N-ethyl adjacent to an activating group) is 1. The lowest BCUT2D eigenvalue weighted by Crippen LogP contribution is -2.39. The van der Waals surface area contributed by atoms with Gasteiger partial charge in [0.2, 0.25) is 0 Å². The van der Waals surface area contributed by atoms with E-state index in [1.165, 1.54) is 31.9 Å². The first-order valence-electron chi connectivity index (χ1n) is 6.94. The van der Waals surface area contributed by atoms with Crippen LogP contribution in [0.4, 0.5) is 10.1 Å². The van der Waals surface area contributed by atoms with Crippen molar-refractivity contribution in [2.24, 2.45) is 11.8 Å². The minimum absolute atomic E-state index is 0.155. The van der Waals surface area contributed by atoms with Crippen molar-refractivity contribution in [3.05, 3.63) is 30.1 Å². The van der Waals surface area contributed by atoms with Crippen molar-refractivity contribution in [1.82, 2.24) is 5.32 Å². The van der Waals surface area contributed by atoms with Gasteiger partial charge < -0.3 is 10.2 Å². The molecule has 1 aliphatic heterocycles. The molecule has 1 saturated heterocycles. The van der Waals surface area contributed by atoms with Crippen molar-refractivity contribution in [2.45, 2.75) is 25.3 Å².